The number of benzene rings is 12. The van der Waals surface area contributed by atoms with Crippen molar-refractivity contribution in [2.24, 2.45) is 0 Å². The minimum atomic E-state index is -0.210. The lowest BCUT2D eigenvalue weighted by Crippen LogP contribution is -2.14. The molecular weight excluding hydrogens is 933 g/mol. The number of hydrogen-bond donors (Lipinski definition) is 0. The van der Waals surface area contributed by atoms with Crippen LogP contribution in [0.25, 0.3) is 143 Å². The molecule has 3 aromatic heterocycles. The van der Waals surface area contributed by atoms with Gasteiger partial charge in [-0.25, -0.2) is 0 Å². The molecule has 0 saturated heterocycles. The maximum atomic E-state index is 6.34. The molecule has 2 aliphatic rings. The maximum absolute atomic E-state index is 6.34. The van der Waals surface area contributed by atoms with E-state index in [0.717, 1.165) is 21.9 Å². The van der Waals surface area contributed by atoms with Crippen molar-refractivity contribution >= 4 is 76.1 Å². The average molecular weight is 983 g/mol. The van der Waals surface area contributed by atoms with Crippen LogP contribution < -0.4 is 0 Å². The van der Waals surface area contributed by atoms with Gasteiger partial charge in [-0.05, 0) is 161 Å². The molecule has 0 atom stereocenters. The van der Waals surface area contributed by atoms with Crippen LogP contribution in [0.4, 0.5) is 0 Å². The fourth-order valence-electron chi connectivity index (χ4n) is 14.6. The lowest BCUT2D eigenvalue weighted by atomic mass is 9.80. The van der Waals surface area contributed by atoms with Gasteiger partial charge in [0.15, 0.2) is 0 Å². The fourth-order valence-corrected chi connectivity index (χ4v) is 14.6. The van der Waals surface area contributed by atoms with E-state index in [0.29, 0.717) is 0 Å². The van der Waals surface area contributed by atoms with Crippen molar-refractivity contribution in [3.05, 3.63) is 253 Å². The third-order valence-corrected chi connectivity index (χ3v) is 18.0. The van der Waals surface area contributed by atoms with Gasteiger partial charge in [-0.1, -0.05) is 185 Å². The summed E-state index contributed by atoms with van der Waals surface area (Å²) in [6.45, 7) is 9.65. The summed E-state index contributed by atoms with van der Waals surface area (Å²) in [5.41, 5.74) is 24.2. The van der Waals surface area contributed by atoms with E-state index in [1.165, 1.54) is 144 Å². The van der Waals surface area contributed by atoms with Crippen molar-refractivity contribution in [1.29, 1.82) is 0 Å². The molecule has 0 N–H and O–H groups in total. The van der Waals surface area contributed by atoms with Gasteiger partial charge in [0.2, 0.25) is 0 Å². The number of aromatic nitrogens is 2. The molecule has 0 aliphatic heterocycles. The fraction of sp³-hybridized carbons (Fsp3) is 0.0811. The van der Waals surface area contributed by atoms with Crippen LogP contribution in [0.5, 0.6) is 0 Å². The molecule has 17 rings (SSSR count). The van der Waals surface area contributed by atoms with Crippen LogP contribution in [-0.4, -0.2) is 9.13 Å². The maximum Gasteiger partial charge on any atom is 0.135 e. The highest BCUT2D eigenvalue weighted by atomic mass is 16.3. The van der Waals surface area contributed by atoms with Crippen molar-refractivity contribution in [2.75, 3.05) is 0 Å². The molecule has 0 unspecified atom stereocenters. The van der Waals surface area contributed by atoms with Crippen molar-refractivity contribution < 1.29 is 4.42 Å². The van der Waals surface area contributed by atoms with E-state index >= 15 is 0 Å². The third kappa shape index (κ3) is 5.65. The largest absolute Gasteiger partial charge is 0.456 e. The summed E-state index contributed by atoms with van der Waals surface area (Å²) in [7, 11) is 0. The van der Waals surface area contributed by atoms with Gasteiger partial charge in [0.25, 0.3) is 0 Å². The molecule has 0 amide bonds. The molecule has 0 fully saturated rings. The Morgan fingerprint density at radius 1 is 0.312 bits per heavy atom. The molecule has 362 valence electrons. The summed E-state index contributed by atoms with van der Waals surface area (Å²) < 4.78 is 11.4. The predicted octanol–water partition coefficient (Wildman–Crippen LogP) is 20.0. The molecule has 2 aliphatic carbocycles. The lowest BCUT2D eigenvalue weighted by molar-refractivity contribution is 0.666. The number of rotatable bonds is 5. The monoisotopic (exact) mass is 982 g/mol. The first-order valence-electron chi connectivity index (χ1n) is 27.1. The Kier molecular flexibility index (Phi) is 8.42. The molecule has 3 heteroatoms. The minimum absolute atomic E-state index is 0.210. The first-order chi connectivity index (χ1) is 37.7. The van der Waals surface area contributed by atoms with Crippen LogP contribution >= 0.6 is 0 Å². The van der Waals surface area contributed by atoms with E-state index in [1.807, 2.05) is 6.07 Å². The number of furan rings is 1. The van der Waals surface area contributed by atoms with Gasteiger partial charge in [-0.3, -0.25) is 0 Å². The van der Waals surface area contributed by atoms with E-state index in [1.54, 1.807) is 0 Å². The van der Waals surface area contributed by atoms with Crippen LogP contribution in [0.15, 0.2) is 235 Å². The topological polar surface area (TPSA) is 23.0 Å². The van der Waals surface area contributed by atoms with E-state index in [9.17, 15) is 0 Å². The van der Waals surface area contributed by atoms with E-state index in [2.05, 4.69) is 261 Å². The second-order valence-corrected chi connectivity index (χ2v) is 22.7. The van der Waals surface area contributed by atoms with Crippen LogP contribution in [0.2, 0.25) is 0 Å². The van der Waals surface area contributed by atoms with E-state index < -0.39 is 0 Å². The van der Waals surface area contributed by atoms with Crippen LogP contribution in [0.1, 0.15) is 49.9 Å². The van der Waals surface area contributed by atoms with Gasteiger partial charge in [-0.2, -0.15) is 0 Å². The summed E-state index contributed by atoms with van der Waals surface area (Å²) in [6, 6.07) is 86.4. The van der Waals surface area contributed by atoms with Crippen LogP contribution in [0.3, 0.4) is 0 Å². The van der Waals surface area contributed by atoms with Crippen molar-refractivity contribution in [3.63, 3.8) is 0 Å². The molecule has 77 heavy (non-hydrogen) atoms. The first kappa shape index (κ1) is 42.9. The van der Waals surface area contributed by atoms with Crippen molar-refractivity contribution in [1.82, 2.24) is 9.13 Å². The SMILES string of the molecule is CC1(C)c2ccccc2-c2c1c1cc(-c3cc(-c4ccc5c(c4)c4c(n5-c5ccccc5)-c5ccccc5C4(C)C)c4ccc5c(-c6ccc7oc8ccccc8c7c6)ccc6ccc3c4c65)ccc1n2-c1ccccc1. The standard InChI is InChI=1S/C74H50N2O/c1-73(2)61-24-14-11-22-54(61)71-69(73)59-40-45(29-36-63(59)75(71)47-17-7-5-8-18-47)56-42-57(46-30-37-64-60(41-46)70-72(76(64)48-19-9-6-10-20-48)55-23-12-15-25-62(55)74(70,3)4)53-35-34-51-49(32-27-43-28-33-52(56)68(53)67(43)51)44-31-38-66-58(39-44)50-21-13-16-26-65(50)77-66/h5-42H,1-4H3. The zero-order valence-electron chi connectivity index (χ0n) is 43.2. The zero-order chi connectivity index (χ0) is 51.1. The van der Waals surface area contributed by atoms with Crippen LogP contribution in [-0.2, 0) is 10.8 Å². The van der Waals surface area contributed by atoms with Gasteiger partial charge in [0.05, 0.1) is 22.4 Å². The summed E-state index contributed by atoms with van der Waals surface area (Å²) in [5.74, 6) is 0. The third-order valence-electron chi connectivity index (χ3n) is 18.0. The molecule has 3 nitrogen and oxygen atoms in total. The van der Waals surface area contributed by atoms with E-state index in [4.69, 9.17) is 4.42 Å². The highest BCUT2D eigenvalue weighted by Gasteiger charge is 2.42. The Bertz CT molecular complexity index is 4820. The number of para-hydroxylation sites is 3. The van der Waals surface area contributed by atoms with Crippen LogP contribution in [0, 0.1) is 0 Å². The number of fused-ring (bicyclic) bond motifs is 13. The van der Waals surface area contributed by atoms with Gasteiger partial charge in [0, 0.05) is 54.9 Å². The molecule has 0 bridgehead atoms. The van der Waals surface area contributed by atoms with Gasteiger partial charge in [-0.15, -0.1) is 0 Å². The van der Waals surface area contributed by atoms with Crippen molar-refractivity contribution in [3.8, 4) is 67.3 Å². The number of hydrogen-bond acceptors (Lipinski definition) is 1. The van der Waals surface area contributed by atoms with Gasteiger partial charge in [0.1, 0.15) is 11.2 Å². The van der Waals surface area contributed by atoms with Gasteiger partial charge < -0.3 is 13.6 Å². The molecule has 0 spiro atoms. The predicted molar refractivity (Wildman–Crippen MR) is 323 cm³/mol. The summed E-state index contributed by atoms with van der Waals surface area (Å²) in [5, 5.41) is 12.4. The quantitative estimate of drug-likeness (QED) is 0.158. The minimum Gasteiger partial charge on any atom is -0.456 e. The summed E-state index contributed by atoms with van der Waals surface area (Å²) in [4.78, 5) is 0. The molecular formula is C74H50N2O. The molecule has 0 radical (unpaired) electrons. The number of nitrogens with zero attached hydrogens (tertiary/aromatic N) is 2. The normalized spacial score (nSPS) is 14.2. The lowest BCUT2D eigenvalue weighted by Gasteiger charge is -2.22. The highest BCUT2D eigenvalue weighted by molar-refractivity contribution is 6.30. The molecule has 12 aromatic carbocycles. The Labute approximate surface area is 445 Å². The average Bonchev–Trinajstić information content (AvgIpc) is 4.42. The highest BCUT2D eigenvalue weighted by Crippen LogP contribution is 2.57. The Balaban J connectivity index is 0.962. The first-order valence-corrected chi connectivity index (χ1v) is 27.1. The Morgan fingerprint density at radius 2 is 0.766 bits per heavy atom. The zero-order valence-corrected chi connectivity index (χ0v) is 43.2. The van der Waals surface area contributed by atoms with Crippen molar-refractivity contribution in [2.45, 2.75) is 38.5 Å². The summed E-state index contributed by atoms with van der Waals surface area (Å²) in [6.07, 6.45) is 0. The molecule has 3 heterocycles. The Hall–Kier alpha value is -9.44. The Morgan fingerprint density at radius 3 is 1.36 bits per heavy atom. The smallest absolute Gasteiger partial charge is 0.135 e. The van der Waals surface area contributed by atoms with Gasteiger partial charge >= 0.3 is 0 Å². The summed E-state index contributed by atoms with van der Waals surface area (Å²) >= 11 is 0. The van der Waals surface area contributed by atoms with E-state index in [-0.39, 0.29) is 10.8 Å². The second-order valence-electron chi connectivity index (χ2n) is 22.7. The molecule has 15 aromatic rings. The molecule has 0 saturated carbocycles. The second kappa shape index (κ2) is 15.1.